The maximum Gasteiger partial charge on any atom is 0.00357 e. The summed E-state index contributed by atoms with van der Waals surface area (Å²) < 4.78 is 0. The van der Waals surface area contributed by atoms with E-state index >= 15 is 0 Å². The van der Waals surface area contributed by atoms with Crippen LogP contribution in [0.3, 0.4) is 0 Å². The summed E-state index contributed by atoms with van der Waals surface area (Å²) in [6.07, 6.45) is 13.7. The molecule has 4 unspecified atom stereocenters. The summed E-state index contributed by atoms with van der Waals surface area (Å²) in [4.78, 5) is 0. The van der Waals surface area contributed by atoms with Gasteiger partial charge in [0.2, 0.25) is 0 Å². The minimum atomic E-state index is 0.679. The summed E-state index contributed by atoms with van der Waals surface area (Å²) in [5.41, 5.74) is 0. The Kier molecular flexibility index (Phi) is 13.6. The molecule has 0 aliphatic rings. The monoisotopic (exact) mass is 296 g/mol. The van der Waals surface area contributed by atoms with Gasteiger partial charge in [-0.1, -0.05) is 85.5 Å². The molecule has 0 spiro atoms. The third-order valence-electron chi connectivity index (χ3n) is 5.11. The van der Waals surface area contributed by atoms with Crippen LogP contribution < -0.4 is 5.32 Å². The van der Waals surface area contributed by atoms with Crippen molar-refractivity contribution >= 4 is 0 Å². The van der Waals surface area contributed by atoms with Crippen molar-refractivity contribution in [1.29, 1.82) is 0 Å². The van der Waals surface area contributed by atoms with Gasteiger partial charge in [0.05, 0.1) is 0 Å². The molecule has 0 rings (SSSR count). The molecule has 21 heavy (non-hydrogen) atoms. The summed E-state index contributed by atoms with van der Waals surface area (Å²) >= 11 is 0. The van der Waals surface area contributed by atoms with Gasteiger partial charge >= 0.3 is 0 Å². The summed E-state index contributed by atoms with van der Waals surface area (Å²) in [5, 5.41) is 3.32. The van der Waals surface area contributed by atoms with Gasteiger partial charge in [0.15, 0.2) is 0 Å². The van der Waals surface area contributed by atoms with Crippen LogP contribution in [0.15, 0.2) is 0 Å². The number of hydrogen-bond donors (Lipinski definition) is 1. The maximum absolute atomic E-state index is 3.99. The third-order valence-corrected chi connectivity index (χ3v) is 5.11. The van der Waals surface area contributed by atoms with E-state index in [-0.39, 0.29) is 0 Å². The van der Waals surface area contributed by atoms with E-state index < -0.39 is 0 Å². The van der Waals surface area contributed by atoms with E-state index in [0.29, 0.717) is 6.04 Å². The van der Waals surface area contributed by atoms with Gasteiger partial charge in [-0.15, -0.1) is 0 Å². The molecule has 0 aromatic carbocycles. The molecular formula is C20H42N. The molecule has 0 aliphatic carbocycles. The second-order valence-corrected chi connectivity index (χ2v) is 7.59. The first-order valence-electron chi connectivity index (χ1n) is 9.46. The Balaban J connectivity index is 3.46. The van der Waals surface area contributed by atoms with Crippen LogP contribution in [0.1, 0.15) is 91.9 Å². The molecular weight excluding hydrogens is 254 g/mol. The lowest BCUT2D eigenvalue weighted by Gasteiger charge is -2.16. The average molecular weight is 297 g/mol. The van der Waals surface area contributed by atoms with Gasteiger partial charge in [0.1, 0.15) is 0 Å². The van der Waals surface area contributed by atoms with Crippen molar-refractivity contribution in [3.05, 3.63) is 6.92 Å². The molecule has 0 saturated heterocycles. The van der Waals surface area contributed by atoms with E-state index in [4.69, 9.17) is 0 Å². The second kappa shape index (κ2) is 13.6. The Morgan fingerprint density at radius 3 is 1.43 bits per heavy atom. The van der Waals surface area contributed by atoms with Crippen molar-refractivity contribution in [3.8, 4) is 0 Å². The van der Waals surface area contributed by atoms with Gasteiger partial charge < -0.3 is 5.32 Å². The van der Waals surface area contributed by atoms with Crippen molar-refractivity contribution in [2.45, 2.75) is 97.9 Å². The Morgan fingerprint density at radius 1 is 0.667 bits per heavy atom. The molecule has 4 atom stereocenters. The molecule has 0 aromatic heterocycles. The normalized spacial score (nSPS) is 17.4. The van der Waals surface area contributed by atoms with Gasteiger partial charge in [0, 0.05) is 6.04 Å². The van der Waals surface area contributed by atoms with Crippen molar-refractivity contribution in [1.82, 2.24) is 5.32 Å². The predicted molar refractivity (Wildman–Crippen MR) is 97.5 cm³/mol. The van der Waals surface area contributed by atoms with E-state index in [1.54, 1.807) is 0 Å². The zero-order valence-corrected chi connectivity index (χ0v) is 15.6. The molecule has 0 amide bonds. The van der Waals surface area contributed by atoms with Gasteiger partial charge in [-0.25, -0.2) is 0 Å². The highest BCUT2D eigenvalue weighted by atomic mass is 14.8. The summed E-state index contributed by atoms with van der Waals surface area (Å²) in [7, 11) is 2.06. The minimum absolute atomic E-state index is 0.679. The zero-order chi connectivity index (χ0) is 16.1. The van der Waals surface area contributed by atoms with Crippen LogP contribution in [0, 0.1) is 24.7 Å². The van der Waals surface area contributed by atoms with Crippen LogP contribution in [0.25, 0.3) is 0 Å². The maximum atomic E-state index is 3.99. The highest BCUT2D eigenvalue weighted by molar-refractivity contribution is 4.62. The number of hydrogen-bond acceptors (Lipinski definition) is 1. The fraction of sp³-hybridized carbons (Fsp3) is 0.950. The van der Waals surface area contributed by atoms with Crippen LogP contribution in [-0.2, 0) is 0 Å². The van der Waals surface area contributed by atoms with Crippen LogP contribution in [0.2, 0.25) is 0 Å². The topological polar surface area (TPSA) is 12.0 Å². The molecule has 0 heterocycles. The Hall–Kier alpha value is -0.0400. The molecule has 1 nitrogen and oxygen atoms in total. The van der Waals surface area contributed by atoms with E-state index in [2.05, 4.69) is 47.0 Å². The number of rotatable bonds is 14. The molecule has 0 fully saturated rings. The van der Waals surface area contributed by atoms with E-state index in [1.165, 1.54) is 57.8 Å². The van der Waals surface area contributed by atoms with Crippen molar-refractivity contribution < 1.29 is 0 Å². The van der Waals surface area contributed by atoms with Crippen LogP contribution in [-0.4, -0.2) is 13.1 Å². The van der Waals surface area contributed by atoms with E-state index in [9.17, 15) is 0 Å². The van der Waals surface area contributed by atoms with Crippen LogP contribution >= 0.6 is 0 Å². The smallest absolute Gasteiger partial charge is 0.00357 e. The predicted octanol–water partition coefficient (Wildman–Crippen LogP) is 6.24. The molecule has 0 bridgehead atoms. The number of nitrogens with one attached hydrogen (secondary N) is 1. The van der Waals surface area contributed by atoms with Crippen LogP contribution in [0.5, 0.6) is 0 Å². The van der Waals surface area contributed by atoms with Crippen molar-refractivity contribution in [2.75, 3.05) is 7.05 Å². The largest absolute Gasteiger partial charge is 0.317 e. The Bertz CT molecular complexity index is 192. The standard InChI is InChI=1S/C20H42N/c1-7-17(2)11-8-12-18(3)13-9-14-19(4)15-10-16-20(5)21-6/h17-21H,1,7-16H2,2-6H3. The molecule has 0 saturated carbocycles. The summed E-state index contributed by atoms with van der Waals surface area (Å²) in [5.74, 6) is 2.64. The lowest BCUT2D eigenvalue weighted by atomic mass is 9.91. The van der Waals surface area contributed by atoms with E-state index in [1.807, 2.05) is 0 Å². The molecule has 127 valence electrons. The molecule has 0 aromatic rings. The van der Waals surface area contributed by atoms with Gasteiger partial charge in [-0.3, -0.25) is 0 Å². The lowest BCUT2D eigenvalue weighted by molar-refractivity contribution is 0.379. The Labute approximate surface area is 135 Å². The van der Waals surface area contributed by atoms with E-state index in [0.717, 1.165) is 24.2 Å². The molecule has 1 N–H and O–H groups in total. The van der Waals surface area contributed by atoms with Crippen LogP contribution in [0.4, 0.5) is 0 Å². The SMILES string of the molecule is [CH2]CC(C)CCCC(C)CCCC(C)CCCC(C)NC. The Morgan fingerprint density at radius 2 is 1.05 bits per heavy atom. The van der Waals surface area contributed by atoms with Gasteiger partial charge in [-0.05, 0) is 38.1 Å². The van der Waals surface area contributed by atoms with Gasteiger partial charge in [0.25, 0.3) is 0 Å². The average Bonchev–Trinajstić information content (AvgIpc) is 2.46. The first-order valence-corrected chi connectivity index (χ1v) is 9.46. The second-order valence-electron chi connectivity index (χ2n) is 7.59. The molecule has 0 aliphatic heterocycles. The zero-order valence-electron chi connectivity index (χ0n) is 15.6. The fourth-order valence-electron chi connectivity index (χ4n) is 2.98. The lowest BCUT2D eigenvalue weighted by Crippen LogP contribution is -2.20. The molecule has 1 heteroatoms. The first-order chi connectivity index (χ1) is 9.99. The van der Waals surface area contributed by atoms with Crippen molar-refractivity contribution in [3.63, 3.8) is 0 Å². The van der Waals surface area contributed by atoms with Gasteiger partial charge in [-0.2, -0.15) is 0 Å². The van der Waals surface area contributed by atoms with Crippen molar-refractivity contribution in [2.24, 2.45) is 17.8 Å². The highest BCUT2D eigenvalue weighted by Crippen LogP contribution is 2.22. The molecule has 1 radical (unpaired) electrons. The summed E-state index contributed by atoms with van der Waals surface area (Å²) in [6, 6.07) is 0.679. The third kappa shape index (κ3) is 13.4. The summed E-state index contributed by atoms with van der Waals surface area (Å²) in [6.45, 7) is 13.5. The quantitative estimate of drug-likeness (QED) is 0.400. The minimum Gasteiger partial charge on any atom is -0.317 e. The first kappa shape index (κ1) is 21.0. The highest BCUT2D eigenvalue weighted by Gasteiger charge is 2.07. The fourth-order valence-corrected chi connectivity index (χ4v) is 2.98.